The normalized spacial score (nSPS) is 17.2. The van der Waals surface area contributed by atoms with Crippen molar-refractivity contribution in [1.29, 1.82) is 0 Å². The van der Waals surface area contributed by atoms with Crippen LogP contribution < -0.4 is 11.1 Å². The van der Waals surface area contributed by atoms with Crippen molar-refractivity contribution in [3.05, 3.63) is 29.8 Å². The molecule has 0 radical (unpaired) electrons. The second-order valence-corrected chi connectivity index (χ2v) is 4.37. The molecule has 94 valence electrons. The molecule has 1 saturated heterocycles. The molecule has 0 saturated carbocycles. The minimum atomic E-state index is 0.821. The Kier molecular flexibility index (Phi) is 4.79. The Morgan fingerprint density at radius 1 is 1.18 bits per heavy atom. The first-order chi connectivity index (χ1) is 8.34. The second kappa shape index (κ2) is 6.59. The zero-order valence-corrected chi connectivity index (χ0v) is 10.2. The maximum atomic E-state index is 5.64. The van der Waals surface area contributed by atoms with Gasteiger partial charge in [0.15, 0.2) is 0 Å². The molecule has 0 aromatic heterocycles. The van der Waals surface area contributed by atoms with Crippen molar-refractivity contribution in [3.63, 3.8) is 0 Å². The van der Waals surface area contributed by atoms with Crippen LogP contribution in [0.25, 0.3) is 0 Å². The number of hydrogen-bond donors (Lipinski definition) is 2. The lowest BCUT2D eigenvalue weighted by Crippen LogP contribution is -2.40. The van der Waals surface area contributed by atoms with Crippen molar-refractivity contribution < 1.29 is 4.74 Å². The zero-order chi connectivity index (χ0) is 11.9. The molecule has 1 heterocycles. The Morgan fingerprint density at radius 2 is 1.88 bits per heavy atom. The van der Waals surface area contributed by atoms with Gasteiger partial charge in [-0.25, -0.2) is 0 Å². The Bertz CT molecular complexity index is 320. The standard InChI is InChI=1S/C13H21N3O/c14-13-3-1-12(2-4-13)11-15-5-6-16-7-9-17-10-8-16/h1-4,15H,5-11,14H2. The summed E-state index contributed by atoms with van der Waals surface area (Å²) in [7, 11) is 0. The first kappa shape index (κ1) is 12.4. The number of benzene rings is 1. The van der Waals surface area contributed by atoms with Crippen molar-refractivity contribution in [2.45, 2.75) is 6.54 Å². The molecule has 0 bridgehead atoms. The van der Waals surface area contributed by atoms with Gasteiger partial charge in [-0.1, -0.05) is 12.1 Å². The van der Waals surface area contributed by atoms with Crippen LogP contribution in [0.5, 0.6) is 0 Å². The van der Waals surface area contributed by atoms with Crippen LogP contribution >= 0.6 is 0 Å². The van der Waals surface area contributed by atoms with Crippen LogP contribution in [0.3, 0.4) is 0 Å². The number of hydrogen-bond acceptors (Lipinski definition) is 4. The summed E-state index contributed by atoms with van der Waals surface area (Å²) in [6, 6.07) is 8.02. The molecule has 1 fully saturated rings. The highest BCUT2D eigenvalue weighted by atomic mass is 16.5. The van der Waals surface area contributed by atoms with E-state index in [9.17, 15) is 0 Å². The van der Waals surface area contributed by atoms with Gasteiger partial charge in [0.05, 0.1) is 13.2 Å². The molecule has 0 spiro atoms. The zero-order valence-electron chi connectivity index (χ0n) is 10.2. The van der Waals surface area contributed by atoms with Gasteiger partial charge in [-0.2, -0.15) is 0 Å². The fourth-order valence-corrected chi connectivity index (χ4v) is 1.93. The van der Waals surface area contributed by atoms with Crippen molar-refractivity contribution in [2.75, 3.05) is 45.1 Å². The molecule has 2 rings (SSSR count). The Balaban J connectivity index is 1.60. The summed E-state index contributed by atoms with van der Waals surface area (Å²) >= 11 is 0. The third kappa shape index (κ3) is 4.34. The number of nitrogens with one attached hydrogen (secondary N) is 1. The first-order valence-corrected chi connectivity index (χ1v) is 6.20. The summed E-state index contributed by atoms with van der Waals surface area (Å²) < 4.78 is 5.31. The number of nitrogens with two attached hydrogens (primary N) is 1. The monoisotopic (exact) mass is 235 g/mol. The van der Waals surface area contributed by atoms with E-state index in [4.69, 9.17) is 10.5 Å². The summed E-state index contributed by atoms with van der Waals surface area (Å²) in [6.07, 6.45) is 0. The molecule has 4 heteroatoms. The maximum Gasteiger partial charge on any atom is 0.0594 e. The van der Waals surface area contributed by atoms with Gasteiger partial charge in [-0.15, -0.1) is 0 Å². The molecule has 17 heavy (non-hydrogen) atoms. The van der Waals surface area contributed by atoms with Gasteiger partial charge >= 0.3 is 0 Å². The van der Waals surface area contributed by atoms with E-state index in [0.29, 0.717) is 0 Å². The molecule has 0 aliphatic carbocycles. The van der Waals surface area contributed by atoms with E-state index < -0.39 is 0 Å². The number of nitrogen functional groups attached to an aromatic ring is 1. The summed E-state index contributed by atoms with van der Waals surface area (Å²) in [5, 5.41) is 3.45. The number of anilines is 1. The minimum Gasteiger partial charge on any atom is -0.399 e. The summed E-state index contributed by atoms with van der Waals surface area (Å²) in [4.78, 5) is 2.43. The molecular weight excluding hydrogens is 214 g/mol. The van der Waals surface area contributed by atoms with E-state index in [1.807, 2.05) is 12.1 Å². The Hall–Kier alpha value is -1.10. The van der Waals surface area contributed by atoms with Gasteiger partial charge in [-0.3, -0.25) is 4.90 Å². The van der Waals surface area contributed by atoms with Gasteiger partial charge in [0, 0.05) is 38.4 Å². The maximum absolute atomic E-state index is 5.64. The second-order valence-electron chi connectivity index (χ2n) is 4.37. The molecule has 1 aliphatic heterocycles. The van der Waals surface area contributed by atoms with Crippen LogP contribution in [0.1, 0.15) is 5.56 Å². The predicted molar refractivity (Wildman–Crippen MR) is 69.8 cm³/mol. The van der Waals surface area contributed by atoms with Crippen molar-refractivity contribution in [1.82, 2.24) is 10.2 Å². The van der Waals surface area contributed by atoms with Gasteiger partial charge in [0.25, 0.3) is 0 Å². The largest absolute Gasteiger partial charge is 0.399 e. The molecule has 0 atom stereocenters. The quantitative estimate of drug-likeness (QED) is 0.582. The Morgan fingerprint density at radius 3 is 2.59 bits per heavy atom. The average molecular weight is 235 g/mol. The van der Waals surface area contributed by atoms with Crippen molar-refractivity contribution in [2.24, 2.45) is 0 Å². The molecule has 3 N–H and O–H groups in total. The highest BCUT2D eigenvalue weighted by molar-refractivity contribution is 5.39. The van der Waals surface area contributed by atoms with Crippen LogP contribution in [0.4, 0.5) is 5.69 Å². The third-order valence-corrected chi connectivity index (χ3v) is 3.02. The lowest BCUT2D eigenvalue weighted by atomic mass is 10.2. The first-order valence-electron chi connectivity index (χ1n) is 6.20. The highest BCUT2D eigenvalue weighted by Gasteiger charge is 2.08. The number of nitrogens with zero attached hydrogens (tertiary/aromatic N) is 1. The van der Waals surface area contributed by atoms with E-state index in [-0.39, 0.29) is 0 Å². The molecule has 0 amide bonds. The SMILES string of the molecule is Nc1ccc(CNCCN2CCOCC2)cc1. The van der Waals surface area contributed by atoms with Crippen molar-refractivity contribution >= 4 is 5.69 Å². The number of ether oxygens (including phenoxy) is 1. The fraction of sp³-hybridized carbons (Fsp3) is 0.538. The smallest absolute Gasteiger partial charge is 0.0594 e. The molecule has 1 aliphatic rings. The van der Waals surface area contributed by atoms with Gasteiger partial charge in [0.1, 0.15) is 0 Å². The van der Waals surface area contributed by atoms with Crippen molar-refractivity contribution in [3.8, 4) is 0 Å². The van der Waals surface area contributed by atoms with Crippen LogP contribution in [0.15, 0.2) is 24.3 Å². The highest BCUT2D eigenvalue weighted by Crippen LogP contribution is 2.04. The molecular formula is C13H21N3O. The van der Waals surface area contributed by atoms with E-state index in [2.05, 4.69) is 22.3 Å². The molecule has 4 nitrogen and oxygen atoms in total. The number of rotatable bonds is 5. The van der Waals surface area contributed by atoms with E-state index in [1.165, 1.54) is 5.56 Å². The Labute approximate surface area is 103 Å². The summed E-state index contributed by atoms with van der Waals surface area (Å²) in [5.41, 5.74) is 7.74. The minimum absolute atomic E-state index is 0.821. The summed E-state index contributed by atoms with van der Waals surface area (Å²) in [5.74, 6) is 0. The third-order valence-electron chi connectivity index (χ3n) is 3.02. The fourth-order valence-electron chi connectivity index (χ4n) is 1.93. The van der Waals surface area contributed by atoms with E-state index in [1.54, 1.807) is 0 Å². The predicted octanol–water partition coefficient (Wildman–Crippen LogP) is 0.691. The van der Waals surface area contributed by atoms with Crippen LogP contribution in [0, 0.1) is 0 Å². The van der Waals surface area contributed by atoms with E-state index >= 15 is 0 Å². The summed E-state index contributed by atoms with van der Waals surface area (Å²) in [6.45, 7) is 6.89. The molecule has 0 unspecified atom stereocenters. The van der Waals surface area contributed by atoms with Gasteiger partial charge < -0.3 is 15.8 Å². The topological polar surface area (TPSA) is 50.5 Å². The van der Waals surface area contributed by atoms with Crippen LogP contribution in [-0.2, 0) is 11.3 Å². The van der Waals surface area contributed by atoms with Crippen LogP contribution in [0.2, 0.25) is 0 Å². The average Bonchev–Trinajstić information content (AvgIpc) is 2.38. The number of morpholine rings is 1. The van der Waals surface area contributed by atoms with Crippen LogP contribution in [-0.4, -0.2) is 44.3 Å². The lowest BCUT2D eigenvalue weighted by Gasteiger charge is -2.26. The molecule has 1 aromatic carbocycles. The van der Waals surface area contributed by atoms with Gasteiger partial charge in [-0.05, 0) is 17.7 Å². The van der Waals surface area contributed by atoms with Gasteiger partial charge in [0.2, 0.25) is 0 Å². The lowest BCUT2D eigenvalue weighted by molar-refractivity contribution is 0.0384. The molecule has 1 aromatic rings. The van der Waals surface area contributed by atoms with E-state index in [0.717, 1.165) is 51.6 Å².